The lowest BCUT2D eigenvalue weighted by Gasteiger charge is -2.42. The Morgan fingerprint density at radius 2 is 2.32 bits per heavy atom. The summed E-state index contributed by atoms with van der Waals surface area (Å²) in [6.45, 7) is 5.53. The fourth-order valence-corrected chi connectivity index (χ4v) is 2.60. The number of anilines is 1. The van der Waals surface area contributed by atoms with E-state index in [1.807, 2.05) is 6.07 Å². The Labute approximate surface area is 114 Å². The molecule has 0 bridgehead atoms. The van der Waals surface area contributed by atoms with Crippen LogP contribution >= 0.6 is 0 Å². The van der Waals surface area contributed by atoms with Crippen LogP contribution < -0.4 is 11.1 Å². The van der Waals surface area contributed by atoms with Gasteiger partial charge in [-0.3, -0.25) is 0 Å². The molecule has 4 heteroatoms. The highest BCUT2D eigenvalue weighted by Crippen LogP contribution is 2.31. The minimum absolute atomic E-state index is 0.193. The predicted octanol–water partition coefficient (Wildman–Crippen LogP) is 2.77. The van der Waals surface area contributed by atoms with Crippen LogP contribution in [0, 0.1) is 11.7 Å². The Morgan fingerprint density at radius 1 is 1.53 bits per heavy atom. The average Bonchev–Trinajstić information content (AvgIpc) is 2.39. The molecule has 1 aromatic rings. The van der Waals surface area contributed by atoms with Gasteiger partial charge in [0.1, 0.15) is 5.82 Å². The van der Waals surface area contributed by atoms with Gasteiger partial charge in [0, 0.05) is 18.8 Å². The van der Waals surface area contributed by atoms with Gasteiger partial charge >= 0.3 is 0 Å². The number of hydrogen-bond donors (Lipinski definition) is 2. The van der Waals surface area contributed by atoms with Gasteiger partial charge < -0.3 is 15.8 Å². The molecule has 0 spiro atoms. The number of halogens is 1. The van der Waals surface area contributed by atoms with Gasteiger partial charge in [0.2, 0.25) is 0 Å². The Morgan fingerprint density at radius 3 is 2.95 bits per heavy atom. The average molecular weight is 266 g/mol. The van der Waals surface area contributed by atoms with Gasteiger partial charge in [-0.05, 0) is 37.0 Å². The second-order valence-corrected chi connectivity index (χ2v) is 5.73. The number of nitrogens with one attached hydrogen (secondary N) is 1. The molecule has 1 aliphatic rings. The molecule has 0 aromatic heterocycles. The summed E-state index contributed by atoms with van der Waals surface area (Å²) in [6.07, 6.45) is 1.92. The summed E-state index contributed by atoms with van der Waals surface area (Å²) in [5.74, 6) is 0.227. The smallest absolute Gasteiger partial charge is 0.125 e. The van der Waals surface area contributed by atoms with Gasteiger partial charge in [0.15, 0.2) is 0 Å². The van der Waals surface area contributed by atoms with Gasteiger partial charge in [-0.15, -0.1) is 0 Å². The molecule has 0 saturated carbocycles. The topological polar surface area (TPSA) is 47.3 Å². The Bertz CT molecular complexity index is 424. The maximum Gasteiger partial charge on any atom is 0.125 e. The lowest BCUT2D eigenvalue weighted by molar-refractivity contribution is -0.0357. The Balaban J connectivity index is 2.13. The summed E-state index contributed by atoms with van der Waals surface area (Å²) in [5, 5.41) is 3.42. The zero-order valence-corrected chi connectivity index (χ0v) is 11.7. The molecule has 0 radical (unpaired) electrons. The molecule has 1 saturated heterocycles. The van der Waals surface area contributed by atoms with Gasteiger partial charge in [0.25, 0.3) is 0 Å². The molecule has 106 valence electrons. The Hall–Kier alpha value is -1.13. The van der Waals surface area contributed by atoms with E-state index in [1.165, 1.54) is 12.1 Å². The molecule has 0 aliphatic carbocycles. The van der Waals surface area contributed by atoms with Gasteiger partial charge in [-0.25, -0.2) is 4.39 Å². The molecule has 1 fully saturated rings. The highest BCUT2D eigenvalue weighted by atomic mass is 19.1. The summed E-state index contributed by atoms with van der Waals surface area (Å²) in [6, 6.07) is 6.54. The van der Waals surface area contributed by atoms with Crippen molar-refractivity contribution in [1.29, 1.82) is 0 Å². The molecule has 19 heavy (non-hydrogen) atoms. The Kier molecular flexibility index (Phi) is 4.42. The van der Waals surface area contributed by atoms with Gasteiger partial charge in [0.05, 0.1) is 11.6 Å². The highest BCUT2D eigenvalue weighted by molar-refractivity contribution is 5.46. The first-order chi connectivity index (χ1) is 9.04. The van der Waals surface area contributed by atoms with Crippen molar-refractivity contribution < 1.29 is 9.13 Å². The van der Waals surface area contributed by atoms with E-state index < -0.39 is 0 Å². The first-order valence-electron chi connectivity index (χ1n) is 6.90. The van der Waals surface area contributed by atoms with Crippen LogP contribution in [0.25, 0.3) is 0 Å². The first kappa shape index (κ1) is 14.3. The molecule has 0 amide bonds. The van der Waals surface area contributed by atoms with E-state index in [-0.39, 0.29) is 17.5 Å². The molecule has 3 N–H and O–H groups in total. The van der Waals surface area contributed by atoms with Crippen molar-refractivity contribution in [3.63, 3.8) is 0 Å². The van der Waals surface area contributed by atoms with E-state index in [0.29, 0.717) is 19.1 Å². The van der Waals surface area contributed by atoms with Crippen molar-refractivity contribution in [3.8, 4) is 0 Å². The third-order valence-electron chi connectivity index (χ3n) is 3.87. The summed E-state index contributed by atoms with van der Waals surface area (Å²) >= 11 is 0. The summed E-state index contributed by atoms with van der Waals surface area (Å²) < 4.78 is 19.0. The van der Waals surface area contributed by atoms with Crippen molar-refractivity contribution in [1.82, 2.24) is 0 Å². The van der Waals surface area contributed by atoms with Crippen molar-refractivity contribution in [2.45, 2.75) is 38.3 Å². The summed E-state index contributed by atoms with van der Waals surface area (Å²) in [4.78, 5) is 0. The largest absolute Gasteiger partial charge is 0.378 e. The van der Waals surface area contributed by atoms with Crippen LogP contribution in [0.3, 0.4) is 0 Å². The van der Waals surface area contributed by atoms with Crippen LogP contribution in [0.15, 0.2) is 24.3 Å². The van der Waals surface area contributed by atoms with Crippen LogP contribution in [0.5, 0.6) is 0 Å². The van der Waals surface area contributed by atoms with E-state index >= 15 is 0 Å². The van der Waals surface area contributed by atoms with Crippen molar-refractivity contribution in [3.05, 3.63) is 30.1 Å². The number of hydrogen-bond acceptors (Lipinski definition) is 3. The minimum Gasteiger partial charge on any atom is -0.378 e. The van der Waals surface area contributed by atoms with Crippen LogP contribution in [-0.4, -0.2) is 24.8 Å². The molecule has 1 aliphatic heterocycles. The monoisotopic (exact) mass is 266 g/mol. The van der Waals surface area contributed by atoms with Crippen LogP contribution in [-0.2, 0) is 4.74 Å². The summed E-state index contributed by atoms with van der Waals surface area (Å²) in [5.41, 5.74) is 6.57. The number of nitrogens with two attached hydrogens (primary N) is 1. The molecule has 1 aromatic carbocycles. The molecular weight excluding hydrogens is 243 g/mol. The van der Waals surface area contributed by atoms with E-state index in [0.717, 1.165) is 18.5 Å². The van der Waals surface area contributed by atoms with E-state index in [1.54, 1.807) is 6.07 Å². The SMILES string of the molecule is CC(C)C1CC(CN)(Nc2cccc(F)c2)CCO1. The number of benzene rings is 1. The number of ether oxygens (including phenoxy) is 1. The maximum atomic E-state index is 13.3. The molecule has 3 nitrogen and oxygen atoms in total. The molecular formula is C15H23FN2O. The molecule has 2 unspecified atom stereocenters. The second kappa shape index (κ2) is 5.88. The second-order valence-electron chi connectivity index (χ2n) is 5.73. The third-order valence-corrected chi connectivity index (χ3v) is 3.87. The van der Waals surface area contributed by atoms with Gasteiger partial charge in [-0.2, -0.15) is 0 Å². The standard InChI is InChI=1S/C15H23FN2O/c1-11(2)14-9-15(10-17,6-7-19-14)18-13-5-3-4-12(16)8-13/h3-5,8,11,14,18H,6-7,9-10,17H2,1-2H3. The fraction of sp³-hybridized carbons (Fsp3) is 0.600. The zero-order valence-electron chi connectivity index (χ0n) is 11.7. The van der Waals surface area contributed by atoms with Crippen LogP contribution in [0.1, 0.15) is 26.7 Å². The maximum absolute atomic E-state index is 13.3. The van der Waals surface area contributed by atoms with E-state index in [2.05, 4.69) is 19.2 Å². The van der Waals surface area contributed by atoms with Crippen molar-refractivity contribution in [2.75, 3.05) is 18.5 Å². The summed E-state index contributed by atoms with van der Waals surface area (Å²) in [7, 11) is 0. The first-order valence-corrected chi connectivity index (χ1v) is 6.90. The minimum atomic E-state index is -0.232. The fourth-order valence-electron chi connectivity index (χ4n) is 2.60. The molecule has 1 heterocycles. The van der Waals surface area contributed by atoms with Crippen molar-refractivity contribution >= 4 is 5.69 Å². The van der Waals surface area contributed by atoms with E-state index in [9.17, 15) is 4.39 Å². The quantitative estimate of drug-likeness (QED) is 0.881. The predicted molar refractivity (Wildman–Crippen MR) is 75.6 cm³/mol. The highest BCUT2D eigenvalue weighted by Gasteiger charge is 2.37. The molecule has 2 atom stereocenters. The zero-order chi connectivity index (χ0) is 13.9. The van der Waals surface area contributed by atoms with E-state index in [4.69, 9.17) is 10.5 Å². The lowest BCUT2D eigenvalue weighted by Crippen LogP contribution is -2.53. The third kappa shape index (κ3) is 3.45. The number of rotatable bonds is 4. The lowest BCUT2D eigenvalue weighted by atomic mass is 9.83. The van der Waals surface area contributed by atoms with Crippen LogP contribution in [0.4, 0.5) is 10.1 Å². The molecule has 2 rings (SSSR count). The van der Waals surface area contributed by atoms with Crippen LogP contribution in [0.2, 0.25) is 0 Å². The van der Waals surface area contributed by atoms with Gasteiger partial charge in [-0.1, -0.05) is 19.9 Å². The van der Waals surface area contributed by atoms with Crippen molar-refractivity contribution in [2.24, 2.45) is 11.7 Å². The normalized spacial score (nSPS) is 27.5.